The predicted molar refractivity (Wildman–Crippen MR) is 211 cm³/mol. The molecule has 0 amide bonds. The number of fused-ring (bicyclic) bond motifs is 1. The molecule has 284 valence electrons. The summed E-state index contributed by atoms with van der Waals surface area (Å²) in [4.78, 5) is 2.60. The molecule has 0 aromatic heterocycles. The van der Waals surface area contributed by atoms with Crippen molar-refractivity contribution in [3.63, 3.8) is 0 Å². The molecular weight excluding hydrogens is 651 g/mol. The van der Waals surface area contributed by atoms with Crippen molar-refractivity contribution in [2.45, 2.75) is 231 Å². The molecule has 0 unspecified atom stereocenters. The number of nitrogens with zero attached hydrogens (tertiary/aromatic N) is 1. The molecule has 0 aromatic rings. The van der Waals surface area contributed by atoms with E-state index in [1.54, 1.807) is 0 Å². The number of piperidine rings is 2. The topological polar surface area (TPSA) is 65.1 Å². The zero-order valence-electron chi connectivity index (χ0n) is 34.1. The summed E-state index contributed by atoms with van der Waals surface area (Å²) in [6.07, 6.45) is 16.8. The third-order valence-electron chi connectivity index (χ3n) is 12.3. The molecule has 0 saturated carbocycles. The second-order valence-electron chi connectivity index (χ2n) is 17.4. The molecule has 2 heterocycles. The van der Waals surface area contributed by atoms with Crippen LogP contribution in [0.4, 0.5) is 0 Å². The number of hydrogen-bond donors (Lipinski definition) is 0. The van der Waals surface area contributed by atoms with Gasteiger partial charge in [0.1, 0.15) is 0 Å². The quantitative estimate of drug-likeness (QED) is 0.0538. The Morgan fingerprint density at radius 1 is 0.708 bits per heavy atom. The normalized spacial score (nSPS) is 25.8. The minimum atomic E-state index is -3.56. The van der Waals surface area contributed by atoms with Crippen molar-refractivity contribution in [2.24, 2.45) is 0 Å². The van der Waals surface area contributed by atoms with Gasteiger partial charge in [0.05, 0.1) is 24.6 Å². The van der Waals surface area contributed by atoms with Crippen LogP contribution >= 0.6 is 0 Å². The Kier molecular flexibility index (Phi) is 17.6. The van der Waals surface area contributed by atoms with E-state index in [-0.39, 0.29) is 36.4 Å². The highest BCUT2D eigenvalue weighted by molar-refractivity contribution is 7.86. The number of unbranched alkanes of at least 4 members (excludes halogenated alkanes) is 4. The fraction of sp³-hybridized carbons (Fsp3) is 0.949. The van der Waals surface area contributed by atoms with Gasteiger partial charge in [0.25, 0.3) is 10.1 Å². The van der Waals surface area contributed by atoms with Crippen molar-refractivity contribution < 1.29 is 21.5 Å². The van der Waals surface area contributed by atoms with Crippen molar-refractivity contribution in [3.05, 3.63) is 12.2 Å². The van der Waals surface area contributed by atoms with Gasteiger partial charge in [-0.1, -0.05) is 134 Å². The van der Waals surface area contributed by atoms with Crippen LogP contribution in [0.2, 0.25) is 33.2 Å². The first-order valence-electron chi connectivity index (χ1n) is 20.0. The van der Waals surface area contributed by atoms with Gasteiger partial charge in [0, 0.05) is 18.1 Å². The maximum Gasteiger partial charge on any atom is 0.264 e. The zero-order chi connectivity index (χ0) is 36.6. The lowest BCUT2D eigenvalue weighted by Gasteiger charge is -2.55. The van der Waals surface area contributed by atoms with Crippen LogP contribution < -0.4 is 0 Å². The van der Waals surface area contributed by atoms with E-state index in [1.165, 1.54) is 38.4 Å². The van der Waals surface area contributed by atoms with Gasteiger partial charge < -0.3 is 8.85 Å². The van der Waals surface area contributed by atoms with Crippen molar-refractivity contribution in [1.82, 2.24) is 4.90 Å². The third-order valence-corrected chi connectivity index (χ3v) is 25.1. The van der Waals surface area contributed by atoms with Gasteiger partial charge in [-0.15, -0.1) is 0 Å². The van der Waals surface area contributed by atoms with Gasteiger partial charge in [-0.05, 0) is 72.3 Å². The third kappa shape index (κ3) is 10.8. The zero-order valence-corrected chi connectivity index (χ0v) is 36.9. The average Bonchev–Trinajstić information content (AvgIpc) is 2.96. The molecule has 0 bridgehead atoms. The lowest BCUT2D eigenvalue weighted by atomic mass is 9.82. The fourth-order valence-electron chi connectivity index (χ4n) is 10.2. The van der Waals surface area contributed by atoms with E-state index in [9.17, 15) is 8.42 Å². The van der Waals surface area contributed by atoms with E-state index in [4.69, 9.17) is 13.0 Å². The monoisotopic (exact) mass is 730 g/mol. The molecule has 6 nitrogen and oxygen atoms in total. The van der Waals surface area contributed by atoms with Crippen LogP contribution in [0.5, 0.6) is 0 Å². The molecule has 0 radical (unpaired) electrons. The summed E-state index contributed by atoms with van der Waals surface area (Å²) in [5, 5.41) is 0. The molecule has 2 rings (SSSR count). The van der Waals surface area contributed by atoms with Crippen molar-refractivity contribution in [3.8, 4) is 0 Å². The summed E-state index contributed by atoms with van der Waals surface area (Å²) in [5.41, 5.74) is 3.16. The molecule has 2 aliphatic rings. The largest absolute Gasteiger partial charge is 0.412 e. The standard InChI is InChI=1S/C39H79NO5SSi2/c1-16-17-18-19-20-21-36(44-47(28(2)3,29(4)5)30(6)7)24-22-35-23-26-39(43-46(15,41)42)37-25-27-38(34(14)40(35)37)45-48(31(8)9,32(10)11)33(12)13/h22,24,28-39H,16-21,23,25-27H2,1-15H3/b24-22+/t34-,35+,36-,37+,38+,39-/m0/s1. The highest BCUT2D eigenvalue weighted by Crippen LogP contribution is 2.47. The Hall–Kier alpha value is -0.0362. The first-order chi connectivity index (χ1) is 22.3. The van der Waals surface area contributed by atoms with Crippen LogP contribution in [0.3, 0.4) is 0 Å². The molecule has 48 heavy (non-hydrogen) atoms. The van der Waals surface area contributed by atoms with E-state index in [1.807, 2.05) is 0 Å². The molecule has 2 fully saturated rings. The minimum absolute atomic E-state index is 0.0510. The molecule has 2 aliphatic heterocycles. The Morgan fingerprint density at radius 2 is 1.21 bits per heavy atom. The van der Waals surface area contributed by atoms with Gasteiger partial charge in [0.15, 0.2) is 0 Å². The van der Waals surface area contributed by atoms with Crippen LogP contribution in [0, 0.1) is 0 Å². The van der Waals surface area contributed by atoms with Crippen LogP contribution in [0.25, 0.3) is 0 Å². The lowest BCUT2D eigenvalue weighted by molar-refractivity contribution is -0.0821. The average molecular weight is 730 g/mol. The maximum absolute atomic E-state index is 12.4. The van der Waals surface area contributed by atoms with Crippen molar-refractivity contribution >= 4 is 26.8 Å². The Balaban J connectivity index is 2.51. The van der Waals surface area contributed by atoms with Gasteiger partial charge >= 0.3 is 0 Å². The fourth-order valence-corrected chi connectivity index (χ4v) is 22.1. The highest BCUT2D eigenvalue weighted by Gasteiger charge is 2.52. The van der Waals surface area contributed by atoms with Crippen LogP contribution in [0.1, 0.15) is 161 Å². The molecule has 2 saturated heterocycles. The summed E-state index contributed by atoms with van der Waals surface area (Å²) in [6.45, 7) is 33.1. The molecule has 6 atom stereocenters. The first-order valence-corrected chi connectivity index (χ1v) is 26.0. The Bertz CT molecular complexity index is 1030. The van der Waals surface area contributed by atoms with E-state index < -0.39 is 26.8 Å². The van der Waals surface area contributed by atoms with Gasteiger partial charge in [0.2, 0.25) is 16.6 Å². The minimum Gasteiger partial charge on any atom is -0.412 e. The molecular formula is C39H79NO5SSi2. The molecule has 0 N–H and O–H groups in total. The smallest absolute Gasteiger partial charge is 0.264 e. The second-order valence-corrected chi connectivity index (χ2v) is 29.8. The van der Waals surface area contributed by atoms with Gasteiger partial charge in [-0.3, -0.25) is 9.08 Å². The maximum atomic E-state index is 12.4. The molecule has 0 aromatic carbocycles. The second kappa shape index (κ2) is 19.2. The van der Waals surface area contributed by atoms with Crippen LogP contribution in [0.15, 0.2) is 12.2 Å². The summed E-state index contributed by atoms with van der Waals surface area (Å²) < 4.78 is 45.5. The first kappa shape index (κ1) is 44.1. The van der Waals surface area contributed by atoms with Crippen LogP contribution in [-0.4, -0.2) is 72.6 Å². The SMILES string of the molecule is CCCCCCC[C@@H](/C=C/[C@@H]1CC[C@H](OS(C)(=O)=O)[C@H]2CC[C@@H](O[Si](C(C)C)(C(C)C)C(C)C)[C@H](C)N12)O[Si](C(C)C)(C(C)C)C(C)C. The van der Waals surface area contributed by atoms with Gasteiger partial charge in [-0.25, -0.2) is 0 Å². The summed E-state index contributed by atoms with van der Waals surface area (Å²) in [7, 11) is -7.73. The summed E-state index contributed by atoms with van der Waals surface area (Å²) in [5.74, 6) is 0. The van der Waals surface area contributed by atoms with E-state index in [2.05, 4.69) is 114 Å². The summed E-state index contributed by atoms with van der Waals surface area (Å²) in [6, 6.07) is 0.412. The molecule has 9 heteroatoms. The summed E-state index contributed by atoms with van der Waals surface area (Å²) >= 11 is 0. The van der Waals surface area contributed by atoms with Crippen LogP contribution in [-0.2, 0) is 23.2 Å². The predicted octanol–water partition coefficient (Wildman–Crippen LogP) is 11.4. The molecule has 0 spiro atoms. The number of rotatable bonds is 20. The number of hydrogen-bond acceptors (Lipinski definition) is 6. The van der Waals surface area contributed by atoms with E-state index in [0.29, 0.717) is 33.2 Å². The van der Waals surface area contributed by atoms with Crippen molar-refractivity contribution in [1.29, 1.82) is 0 Å². The lowest BCUT2D eigenvalue weighted by Crippen LogP contribution is -2.65. The van der Waals surface area contributed by atoms with E-state index in [0.717, 1.165) is 32.1 Å². The molecule has 0 aliphatic carbocycles. The Morgan fingerprint density at radius 3 is 1.69 bits per heavy atom. The highest BCUT2D eigenvalue weighted by atomic mass is 32.2. The van der Waals surface area contributed by atoms with Crippen molar-refractivity contribution in [2.75, 3.05) is 6.26 Å². The van der Waals surface area contributed by atoms with Gasteiger partial charge in [-0.2, -0.15) is 8.42 Å². The van der Waals surface area contributed by atoms with E-state index >= 15 is 0 Å². The Labute approximate surface area is 301 Å².